The van der Waals surface area contributed by atoms with Crippen LogP contribution in [0.15, 0.2) is 0 Å². The Morgan fingerprint density at radius 3 is 2.22 bits per heavy atom. The van der Waals surface area contributed by atoms with Crippen LogP contribution in [0, 0.1) is 0 Å². The quantitative estimate of drug-likeness (QED) is 0.252. The van der Waals surface area contributed by atoms with Gasteiger partial charge in [0, 0.05) is 0 Å². The van der Waals surface area contributed by atoms with E-state index in [1.807, 2.05) is 0 Å². The average Bonchev–Trinajstić information content (AvgIpc) is 1.63. The monoisotopic (exact) mass is 135 g/mol. The molecule has 9 heavy (non-hydrogen) atoms. The van der Waals surface area contributed by atoms with Crippen molar-refractivity contribution in [3.05, 3.63) is 0 Å². The van der Waals surface area contributed by atoms with Gasteiger partial charge < -0.3 is 9.84 Å². The van der Waals surface area contributed by atoms with Crippen LogP contribution in [-0.2, 0) is 4.74 Å². The molecular weight excluding hydrogens is 122 g/mol. The maximum absolute atomic E-state index is 8.22. The van der Waals surface area contributed by atoms with Crippen LogP contribution in [0.25, 0.3) is 0 Å². The summed E-state index contributed by atoms with van der Waals surface area (Å²) in [6, 6.07) is 0. The molecule has 0 atom stereocenters. The molecule has 0 radical (unpaired) electrons. The van der Waals surface area contributed by atoms with Crippen molar-refractivity contribution in [2.45, 2.75) is 5.79 Å². The van der Waals surface area contributed by atoms with Crippen molar-refractivity contribution >= 4 is 0 Å². The van der Waals surface area contributed by atoms with Gasteiger partial charge in [-0.3, -0.25) is 17.2 Å². The van der Waals surface area contributed by atoms with E-state index < -0.39 is 5.79 Å². The topological polar surface area (TPSA) is 108 Å². The van der Waals surface area contributed by atoms with Crippen LogP contribution in [-0.4, -0.2) is 30.7 Å². The van der Waals surface area contributed by atoms with Crippen LogP contribution >= 0.6 is 0 Å². The molecule has 56 valence electrons. The predicted octanol–water partition coefficient (Wildman–Crippen LogP) is -2.47. The third-order valence-corrected chi connectivity index (χ3v) is 0.588. The van der Waals surface area contributed by atoms with Crippen LogP contribution < -0.4 is 17.2 Å². The van der Waals surface area contributed by atoms with E-state index in [1.54, 1.807) is 0 Å². The highest BCUT2D eigenvalue weighted by atomic mass is 16.5. The number of ether oxygens (including phenoxy) is 1. The molecule has 5 heteroatoms. The smallest absolute Gasteiger partial charge is 0.140 e. The molecule has 0 spiro atoms. The van der Waals surface area contributed by atoms with Gasteiger partial charge in [0.05, 0.1) is 19.8 Å². The first-order valence-electron chi connectivity index (χ1n) is 2.61. The lowest BCUT2D eigenvalue weighted by Crippen LogP contribution is -2.61. The first-order chi connectivity index (χ1) is 4.06. The van der Waals surface area contributed by atoms with E-state index in [1.165, 1.54) is 0 Å². The van der Waals surface area contributed by atoms with Gasteiger partial charge in [-0.25, -0.2) is 0 Å². The Labute approximate surface area is 53.8 Å². The van der Waals surface area contributed by atoms with Gasteiger partial charge in [0.2, 0.25) is 0 Å². The van der Waals surface area contributed by atoms with E-state index in [0.29, 0.717) is 0 Å². The maximum Gasteiger partial charge on any atom is 0.140 e. The van der Waals surface area contributed by atoms with E-state index in [2.05, 4.69) is 0 Å². The van der Waals surface area contributed by atoms with E-state index in [-0.39, 0.29) is 19.8 Å². The minimum absolute atomic E-state index is 0.0456. The van der Waals surface area contributed by atoms with Crippen LogP contribution in [0.3, 0.4) is 0 Å². The Morgan fingerprint density at radius 2 is 1.89 bits per heavy atom. The van der Waals surface area contributed by atoms with Crippen molar-refractivity contribution < 1.29 is 9.84 Å². The molecule has 0 saturated carbocycles. The van der Waals surface area contributed by atoms with Gasteiger partial charge in [-0.1, -0.05) is 0 Å². The molecule has 0 amide bonds. The van der Waals surface area contributed by atoms with Gasteiger partial charge >= 0.3 is 0 Å². The van der Waals surface area contributed by atoms with Gasteiger partial charge in [0.25, 0.3) is 0 Å². The summed E-state index contributed by atoms with van der Waals surface area (Å²) in [6.07, 6.45) is 0. The van der Waals surface area contributed by atoms with E-state index >= 15 is 0 Å². The minimum Gasteiger partial charge on any atom is -0.394 e. The van der Waals surface area contributed by atoms with E-state index in [4.69, 9.17) is 27.0 Å². The van der Waals surface area contributed by atoms with Crippen LogP contribution in [0.5, 0.6) is 0 Å². The Balaban J connectivity index is 3.07. The molecular formula is C4H13N3O2. The number of nitrogens with two attached hydrogens (primary N) is 3. The van der Waals surface area contributed by atoms with Crippen molar-refractivity contribution in [1.29, 1.82) is 0 Å². The molecule has 0 heterocycles. The largest absolute Gasteiger partial charge is 0.394 e. The molecule has 0 aliphatic rings. The number of hydrogen-bond acceptors (Lipinski definition) is 5. The van der Waals surface area contributed by atoms with Crippen LogP contribution in [0.2, 0.25) is 0 Å². The second-order valence-electron chi connectivity index (χ2n) is 1.89. The lowest BCUT2D eigenvalue weighted by atomic mass is 10.4. The zero-order valence-electron chi connectivity index (χ0n) is 5.21. The first-order valence-corrected chi connectivity index (χ1v) is 2.61. The summed E-state index contributed by atoms with van der Waals surface area (Å²) in [5.74, 6) is -1.28. The summed E-state index contributed by atoms with van der Waals surface area (Å²) in [7, 11) is 0. The number of hydrogen-bond donors (Lipinski definition) is 4. The van der Waals surface area contributed by atoms with E-state index in [0.717, 1.165) is 0 Å². The number of rotatable bonds is 4. The molecule has 0 aliphatic carbocycles. The Kier molecular flexibility index (Phi) is 3.67. The zero-order chi connectivity index (χ0) is 7.33. The third-order valence-electron chi connectivity index (χ3n) is 0.588. The normalized spacial score (nSPS) is 12.0. The highest BCUT2D eigenvalue weighted by Crippen LogP contribution is 1.79. The van der Waals surface area contributed by atoms with Gasteiger partial charge in [-0.2, -0.15) is 0 Å². The van der Waals surface area contributed by atoms with Crippen molar-refractivity contribution in [3.63, 3.8) is 0 Å². The molecule has 5 nitrogen and oxygen atoms in total. The fourth-order valence-electron chi connectivity index (χ4n) is 0.313. The summed E-state index contributed by atoms with van der Waals surface area (Å²) in [4.78, 5) is 0. The predicted molar refractivity (Wildman–Crippen MR) is 33.2 cm³/mol. The molecule has 0 aromatic carbocycles. The SMILES string of the molecule is NC(N)(N)COCCO. The standard InChI is InChI=1S/C4H13N3O2/c5-4(6,7)3-9-2-1-8/h8H,1-3,5-7H2. The average molecular weight is 135 g/mol. The fraction of sp³-hybridized carbons (Fsp3) is 1.00. The molecule has 0 aromatic rings. The highest BCUT2D eigenvalue weighted by Gasteiger charge is 2.10. The summed E-state index contributed by atoms with van der Waals surface area (Å²) in [6.45, 7) is 0.219. The van der Waals surface area contributed by atoms with Gasteiger partial charge in [-0.05, 0) is 0 Å². The van der Waals surface area contributed by atoms with Crippen molar-refractivity contribution in [3.8, 4) is 0 Å². The van der Waals surface area contributed by atoms with Gasteiger partial charge in [-0.15, -0.1) is 0 Å². The highest BCUT2D eigenvalue weighted by molar-refractivity contribution is 4.65. The summed E-state index contributed by atoms with van der Waals surface area (Å²) < 4.78 is 4.72. The van der Waals surface area contributed by atoms with E-state index in [9.17, 15) is 0 Å². The van der Waals surface area contributed by atoms with Crippen LogP contribution in [0.4, 0.5) is 0 Å². The Morgan fingerprint density at radius 1 is 1.33 bits per heavy atom. The van der Waals surface area contributed by atoms with Crippen molar-refractivity contribution in [2.75, 3.05) is 19.8 Å². The second-order valence-corrected chi connectivity index (χ2v) is 1.89. The summed E-state index contributed by atoms with van der Waals surface area (Å²) in [5, 5.41) is 8.22. The van der Waals surface area contributed by atoms with Gasteiger partial charge in [0.15, 0.2) is 0 Å². The van der Waals surface area contributed by atoms with Gasteiger partial charge in [0.1, 0.15) is 5.79 Å². The van der Waals surface area contributed by atoms with Crippen LogP contribution in [0.1, 0.15) is 0 Å². The van der Waals surface area contributed by atoms with Crippen molar-refractivity contribution in [1.82, 2.24) is 0 Å². The lowest BCUT2D eigenvalue weighted by Gasteiger charge is -2.17. The molecule has 0 fully saturated rings. The summed E-state index contributed by atoms with van der Waals surface area (Å²) in [5.41, 5.74) is 15.4. The zero-order valence-corrected chi connectivity index (χ0v) is 5.21. The molecule has 7 N–H and O–H groups in total. The lowest BCUT2D eigenvalue weighted by molar-refractivity contribution is 0.0603. The number of aliphatic hydroxyl groups is 1. The molecule has 0 unspecified atom stereocenters. The third kappa shape index (κ3) is 7.80. The second kappa shape index (κ2) is 3.76. The molecule has 0 aromatic heterocycles. The fourth-order valence-corrected chi connectivity index (χ4v) is 0.313. The molecule has 0 aliphatic heterocycles. The van der Waals surface area contributed by atoms with Crippen molar-refractivity contribution in [2.24, 2.45) is 17.2 Å². The molecule has 0 bridgehead atoms. The molecule has 0 saturated heterocycles. The summed E-state index contributed by atoms with van der Waals surface area (Å²) >= 11 is 0. The Hall–Kier alpha value is -0.200. The first kappa shape index (κ1) is 8.80. The maximum atomic E-state index is 8.22. The number of aliphatic hydroxyl groups excluding tert-OH is 1. The minimum atomic E-state index is -1.28. The molecule has 0 rings (SSSR count). The Bertz CT molecular complexity index is 70.7.